The van der Waals surface area contributed by atoms with Crippen LogP contribution in [0.5, 0.6) is 0 Å². The number of alkyl halides is 1. The number of fused-ring (bicyclic) bond motifs is 5. The summed E-state index contributed by atoms with van der Waals surface area (Å²) in [5, 5.41) is 20.4. The molecule has 0 saturated heterocycles. The quantitative estimate of drug-likeness (QED) is 0.722. The summed E-state index contributed by atoms with van der Waals surface area (Å²) in [5.41, 5.74) is -0.838. The van der Waals surface area contributed by atoms with Gasteiger partial charge in [0.25, 0.3) is 0 Å². The standard InChI is InChI=1S/C21H29ClO4/c1-19-7-5-16-14(15(19)6-8-21(19,26)18(25)11-23)4-3-12-9-13(24)10-17(22)20(12,16)2/h9,14-17,23,26H,3-8,10-11H2,1-2H3/t14-,15+,16+,17?,19+,20+,21+/m1/s1. The summed E-state index contributed by atoms with van der Waals surface area (Å²) in [6, 6.07) is 0. The van der Waals surface area contributed by atoms with Gasteiger partial charge in [-0.1, -0.05) is 19.4 Å². The predicted octanol–water partition coefficient (Wildman–Crippen LogP) is 3.03. The number of halogens is 1. The summed E-state index contributed by atoms with van der Waals surface area (Å²) in [4.78, 5) is 24.4. The Morgan fingerprint density at radius 3 is 2.62 bits per heavy atom. The second-order valence-electron chi connectivity index (χ2n) is 9.44. The van der Waals surface area contributed by atoms with Crippen molar-refractivity contribution in [2.75, 3.05) is 6.61 Å². The fraction of sp³-hybridized carbons (Fsp3) is 0.810. The fourth-order valence-electron chi connectivity index (χ4n) is 7.17. The van der Waals surface area contributed by atoms with Gasteiger partial charge >= 0.3 is 0 Å². The van der Waals surface area contributed by atoms with Crippen molar-refractivity contribution in [3.8, 4) is 0 Å². The number of Topliss-reactive ketones (excluding diaryl/α,β-unsaturated/α-hetero) is 1. The highest BCUT2D eigenvalue weighted by Gasteiger charge is 2.66. The largest absolute Gasteiger partial charge is 0.388 e. The van der Waals surface area contributed by atoms with Crippen molar-refractivity contribution in [2.24, 2.45) is 28.6 Å². The molecule has 3 saturated carbocycles. The van der Waals surface area contributed by atoms with Crippen molar-refractivity contribution >= 4 is 23.2 Å². The van der Waals surface area contributed by atoms with Gasteiger partial charge in [-0.3, -0.25) is 9.59 Å². The highest BCUT2D eigenvalue weighted by molar-refractivity contribution is 6.23. The van der Waals surface area contributed by atoms with E-state index in [9.17, 15) is 19.8 Å². The third kappa shape index (κ3) is 2.15. The molecule has 26 heavy (non-hydrogen) atoms. The van der Waals surface area contributed by atoms with E-state index in [1.54, 1.807) is 0 Å². The molecule has 7 atom stereocenters. The predicted molar refractivity (Wildman–Crippen MR) is 98.8 cm³/mol. The number of rotatable bonds is 2. The number of carbonyl (C=O) groups is 2. The molecule has 0 amide bonds. The zero-order chi connectivity index (χ0) is 18.9. The lowest BCUT2D eigenvalue weighted by atomic mass is 9.46. The molecule has 0 radical (unpaired) electrons. The summed E-state index contributed by atoms with van der Waals surface area (Å²) in [6.45, 7) is 3.68. The third-order valence-corrected chi connectivity index (χ3v) is 9.38. The first kappa shape index (κ1) is 18.6. The Bertz CT molecular complexity index is 687. The summed E-state index contributed by atoms with van der Waals surface area (Å²) in [7, 11) is 0. The van der Waals surface area contributed by atoms with E-state index in [4.69, 9.17) is 11.6 Å². The van der Waals surface area contributed by atoms with Gasteiger partial charge in [-0.2, -0.15) is 0 Å². The number of carbonyl (C=O) groups excluding carboxylic acids is 2. The molecule has 1 unspecified atom stereocenters. The average Bonchev–Trinajstić information content (AvgIpc) is 2.88. The summed E-state index contributed by atoms with van der Waals surface area (Å²) in [5.74, 6) is 0.776. The molecule has 5 heteroatoms. The van der Waals surface area contributed by atoms with Crippen LogP contribution in [0.3, 0.4) is 0 Å². The molecule has 0 heterocycles. The van der Waals surface area contributed by atoms with Crippen molar-refractivity contribution in [3.05, 3.63) is 11.6 Å². The van der Waals surface area contributed by atoms with Crippen molar-refractivity contribution in [2.45, 2.75) is 69.8 Å². The van der Waals surface area contributed by atoms with E-state index >= 15 is 0 Å². The van der Waals surface area contributed by atoms with Crippen LogP contribution >= 0.6 is 11.6 Å². The number of aliphatic hydroxyl groups excluding tert-OH is 1. The second-order valence-corrected chi connectivity index (χ2v) is 9.97. The Balaban J connectivity index is 1.71. The number of aliphatic hydroxyl groups is 2. The van der Waals surface area contributed by atoms with Gasteiger partial charge in [0.1, 0.15) is 12.2 Å². The molecule has 0 bridgehead atoms. The van der Waals surface area contributed by atoms with Gasteiger partial charge in [0.2, 0.25) is 0 Å². The van der Waals surface area contributed by atoms with Crippen LogP contribution in [-0.2, 0) is 9.59 Å². The molecular formula is C21H29ClO4. The number of allylic oxidation sites excluding steroid dienone is 1. The van der Waals surface area contributed by atoms with E-state index < -0.39 is 23.4 Å². The first-order valence-corrected chi connectivity index (χ1v) is 10.4. The molecule has 4 aliphatic rings. The number of ketones is 2. The lowest BCUT2D eigenvalue weighted by molar-refractivity contribution is -0.164. The highest BCUT2D eigenvalue weighted by atomic mass is 35.5. The van der Waals surface area contributed by atoms with Crippen LogP contribution in [0.15, 0.2) is 11.6 Å². The SMILES string of the molecule is C[C@]12CC[C@H]3[C@H](CCC4=CC(=O)CC(Cl)[C@@]43C)[C@@H]1CC[C@]2(O)C(=O)CO. The van der Waals surface area contributed by atoms with Gasteiger partial charge < -0.3 is 10.2 Å². The molecule has 144 valence electrons. The Labute approximate surface area is 160 Å². The first-order valence-electron chi connectivity index (χ1n) is 9.93. The van der Waals surface area contributed by atoms with Crippen LogP contribution < -0.4 is 0 Å². The van der Waals surface area contributed by atoms with Crippen LogP contribution in [-0.4, -0.2) is 39.4 Å². The van der Waals surface area contributed by atoms with Gasteiger partial charge in [0.15, 0.2) is 11.6 Å². The lowest BCUT2D eigenvalue weighted by Gasteiger charge is -2.59. The number of hydrogen-bond acceptors (Lipinski definition) is 4. The van der Waals surface area contributed by atoms with E-state index in [2.05, 4.69) is 6.92 Å². The third-order valence-electron chi connectivity index (χ3n) is 8.77. The van der Waals surface area contributed by atoms with Crippen LogP contribution in [0.2, 0.25) is 0 Å². The highest BCUT2D eigenvalue weighted by Crippen LogP contribution is 2.68. The van der Waals surface area contributed by atoms with Crippen molar-refractivity contribution in [1.29, 1.82) is 0 Å². The smallest absolute Gasteiger partial charge is 0.190 e. The fourth-order valence-corrected chi connectivity index (χ4v) is 7.63. The maximum absolute atomic E-state index is 12.4. The minimum absolute atomic E-state index is 0.139. The maximum atomic E-state index is 12.4. The molecule has 0 aromatic rings. The lowest BCUT2D eigenvalue weighted by Crippen LogP contribution is -2.59. The molecular weight excluding hydrogens is 352 g/mol. The monoisotopic (exact) mass is 380 g/mol. The maximum Gasteiger partial charge on any atom is 0.190 e. The molecule has 3 fully saturated rings. The number of hydrogen-bond donors (Lipinski definition) is 2. The molecule has 4 aliphatic carbocycles. The molecule has 0 aliphatic heterocycles. The van der Waals surface area contributed by atoms with Gasteiger partial charge in [-0.15, -0.1) is 11.6 Å². The van der Waals surface area contributed by atoms with Gasteiger partial charge in [-0.05, 0) is 62.4 Å². The van der Waals surface area contributed by atoms with Crippen LogP contribution in [0.25, 0.3) is 0 Å². The van der Waals surface area contributed by atoms with E-state index in [-0.39, 0.29) is 22.5 Å². The van der Waals surface area contributed by atoms with E-state index in [1.165, 1.54) is 5.57 Å². The summed E-state index contributed by atoms with van der Waals surface area (Å²) < 4.78 is 0. The Kier molecular flexibility index (Phi) is 4.22. The van der Waals surface area contributed by atoms with Crippen LogP contribution in [0.4, 0.5) is 0 Å². The topological polar surface area (TPSA) is 74.6 Å². The molecule has 0 aromatic carbocycles. The Hall–Kier alpha value is -0.710. The first-order chi connectivity index (χ1) is 12.2. The van der Waals surface area contributed by atoms with Crippen LogP contribution in [0, 0.1) is 28.6 Å². The van der Waals surface area contributed by atoms with Crippen molar-refractivity contribution < 1.29 is 19.8 Å². The molecule has 4 nitrogen and oxygen atoms in total. The second kappa shape index (κ2) is 5.89. The van der Waals surface area contributed by atoms with Gasteiger partial charge in [-0.25, -0.2) is 0 Å². The Morgan fingerprint density at radius 2 is 1.92 bits per heavy atom. The minimum Gasteiger partial charge on any atom is -0.388 e. The molecule has 0 spiro atoms. The summed E-state index contributed by atoms with van der Waals surface area (Å²) in [6.07, 6.45) is 7.05. The van der Waals surface area contributed by atoms with E-state index in [0.29, 0.717) is 24.7 Å². The van der Waals surface area contributed by atoms with Crippen LogP contribution in [0.1, 0.15) is 58.8 Å². The van der Waals surface area contributed by atoms with Gasteiger partial charge in [0, 0.05) is 17.3 Å². The van der Waals surface area contributed by atoms with Gasteiger partial charge in [0.05, 0.1) is 5.38 Å². The average molecular weight is 381 g/mol. The molecule has 2 N–H and O–H groups in total. The van der Waals surface area contributed by atoms with Crippen molar-refractivity contribution in [1.82, 2.24) is 0 Å². The minimum atomic E-state index is -1.41. The molecule has 4 rings (SSSR count). The van der Waals surface area contributed by atoms with E-state index in [0.717, 1.165) is 32.1 Å². The summed E-state index contributed by atoms with van der Waals surface area (Å²) >= 11 is 6.75. The van der Waals surface area contributed by atoms with E-state index in [1.807, 2.05) is 13.0 Å². The zero-order valence-corrected chi connectivity index (χ0v) is 16.4. The normalized spacial score (nSPS) is 50.5. The van der Waals surface area contributed by atoms with Crippen molar-refractivity contribution in [3.63, 3.8) is 0 Å². The molecule has 0 aromatic heterocycles. The Morgan fingerprint density at radius 1 is 1.23 bits per heavy atom. The zero-order valence-electron chi connectivity index (χ0n) is 15.6.